The summed E-state index contributed by atoms with van der Waals surface area (Å²) in [6, 6.07) is 29.9. The number of aliphatic carboxylic acids is 1. The molecule has 0 saturated carbocycles. The molecular formula is C32H27F3N4O7S2. The molecule has 1 aromatic heterocycles. The van der Waals surface area contributed by atoms with Crippen LogP contribution in [0.1, 0.15) is 34.7 Å². The number of hydrogen-bond acceptors (Lipinski definition) is 7. The molecule has 11 nitrogen and oxygen atoms in total. The van der Waals surface area contributed by atoms with Crippen molar-refractivity contribution in [3.05, 3.63) is 120 Å². The maximum Gasteiger partial charge on any atom is 0.490 e. The highest BCUT2D eigenvalue weighted by Crippen LogP contribution is 2.31. The maximum atomic E-state index is 13.5. The smallest absolute Gasteiger partial charge is 0.475 e. The summed E-state index contributed by atoms with van der Waals surface area (Å²) in [5.74, 6) is -2.84. The third kappa shape index (κ3) is 8.07. The second-order valence-corrected chi connectivity index (χ2v) is 14.3. The number of sulfonamides is 2. The van der Waals surface area contributed by atoms with E-state index in [0.717, 1.165) is 22.2 Å². The fourth-order valence-electron chi connectivity index (χ4n) is 4.99. The first-order valence-electron chi connectivity index (χ1n) is 14.2. The van der Waals surface area contributed by atoms with Gasteiger partial charge in [-0.1, -0.05) is 78.9 Å². The molecule has 250 valence electrons. The van der Waals surface area contributed by atoms with Crippen LogP contribution in [0.15, 0.2) is 108 Å². The minimum absolute atomic E-state index is 0.122. The van der Waals surface area contributed by atoms with Gasteiger partial charge in [-0.15, -0.1) is 0 Å². The second-order valence-electron chi connectivity index (χ2n) is 10.7. The standard InChI is InChI=1S/C30H26N4O5S2.C2HF3O2/c35-29-19-28(41(38,39)34-29)23-12-10-20(11-13-23)18-27(30-31-25-8-4-5-9-26(25)32-30)33-40(36,37)24-16-14-22(15-17-24)21-6-2-1-3-7-21;3-2(4,5)1(6)7/h1-17,27-28,33H,18-19H2,(H,31,32)(H,34,35);(H,6,7)/t27-,28+;/m0./s1. The molecule has 16 heteroatoms. The number of carbonyl (C=O) groups excluding carboxylic acids is 1. The number of carboxylic acid groups (broad SMARTS) is 1. The van der Waals surface area contributed by atoms with Crippen LogP contribution in [-0.4, -0.2) is 50.0 Å². The molecule has 4 N–H and O–H groups in total. The van der Waals surface area contributed by atoms with E-state index in [0.29, 0.717) is 16.9 Å². The zero-order valence-electron chi connectivity index (χ0n) is 24.7. The van der Waals surface area contributed by atoms with Gasteiger partial charge in [-0.3, -0.25) is 9.52 Å². The normalized spacial score (nSPS) is 16.5. The van der Waals surface area contributed by atoms with Crippen molar-refractivity contribution in [3.63, 3.8) is 0 Å². The van der Waals surface area contributed by atoms with Gasteiger partial charge < -0.3 is 10.1 Å². The lowest BCUT2D eigenvalue weighted by Crippen LogP contribution is -2.31. The van der Waals surface area contributed by atoms with Gasteiger partial charge in [0.1, 0.15) is 11.1 Å². The molecule has 0 bridgehead atoms. The van der Waals surface area contributed by atoms with Gasteiger partial charge in [-0.2, -0.15) is 13.2 Å². The number of alkyl halides is 3. The van der Waals surface area contributed by atoms with E-state index >= 15 is 0 Å². The Morgan fingerprint density at radius 1 is 0.917 bits per heavy atom. The van der Waals surface area contributed by atoms with E-state index < -0.39 is 49.4 Å². The van der Waals surface area contributed by atoms with E-state index in [-0.39, 0.29) is 17.7 Å². The number of nitrogens with one attached hydrogen (secondary N) is 3. The number of rotatable bonds is 8. The molecule has 1 fully saturated rings. The molecule has 4 aromatic carbocycles. The molecule has 5 aromatic rings. The highest BCUT2D eigenvalue weighted by atomic mass is 32.2. The summed E-state index contributed by atoms with van der Waals surface area (Å²) < 4.78 is 88.2. The molecule has 0 radical (unpaired) electrons. The third-order valence-corrected chi connectivity index (χ3v) is 10.5. The predicted octanol–water partition coefficient (Wildman–Crippen LogP) is 5.02. The van der Waals surface area contributed by atoms with Gasteiger partial charge in [0.2, 0.25) is 26.0 Å². The average molecular weight is 701 g/mol. The Balaban J connectivity index is 0.000000582. The number of imidazole rings is 1. The summed E-state index contributed by atoms with van der Waals surface area (Å²) in [6.07, 6.45) is -4.97. The number of para-hydroxylation sites is 2. The van der Waals surface area contributed by atoms with Crippen LogP contribution in [-0.2, 0) is 36.1 Å². The molecule has 1 aliphatic rings. The molecule has 6 rings (SSSR count). The van der Waals surface area contributed by atoms with Crippen LogP contribution in [0.4, 0.5) is 13.2 Å². The van der Waals surface area contributed by atoms with Crippen LogP contribution >= 0.6 is 0 Å². The lowest BCUT2D eigenvalue weighted by molar-refractivity contribution is -0.192. The summed E-state index contributed by atoms with van der Waals surface area (Å²) in [7, 11) is -7.71. The first-order chi connectivity index (χ1) is 22.6. The number of fused-ring (bicyclic) bond motifs is 1. The van der Waals surface area contributed by atoms with Gasteiger partial charge >= 0.3 is 12.1 Å². The molecule has 1 amide bonds. The first-order valence-corrected chi connectivity index (χ1v) is 17.2. The van der Waals surface area contributed by atoms with Crippen molar-refractivity contribution in [2.24, 2.45) is 0 Å². The summed E-state index contributed by atoms with van der Waals surface area (Å²) >= 11 is 0. The lowest BCUT2D eigenvalue weighted by Gasteiger charge is -2.18. The quantitative estimate of drug-likeness (QED) is 0.175. The minimum Gasteiger partial charge on any atom is -0.475 e. The molecule has 2 atom stereocenters. The van der Waals surface area contributed by atoms with Crippen molar-refractivity contribution in [3.8, 4) is 11.1 Å². The van der Waals surface area contributed by atoms with E-state index in [4.69, 9.17) is 9.90 Å². The van der Waals surface area contributed by atoms with Crippen molar-refractivity contribution < 1.29 is 44.7 Å². The van der Waals surface area contributed by atoms with Crippen LogP contribution in [0.2, 0.25) is 0 Å². The number of benzene rings is 4. The number of H-pyrrole nitrogens is 1. The number of amides is 1. The molecule has 0 aliphatic carbocycles. The Bertz CT molecular complexity index is 2120. The van der Waals surface area contributed by atoms with Crippen molar-refractivity contribution in [2.45, 2.75) is 35.2 Å². The number of aromatic nitrogens is 2. The van der Waals surface area contributed by atoms with E-state index in [9.17, 15) is 34.8 Å². The van der Waals surface area contributed by atoms with Gasteiger partial charge in [0, 0.05) is 0 Å². The van der Waals surface area contributed by atoms with Crippen LogP contribution in [0.3, 0.4) is 0 Å². The fourth-order valence-corrected chi connectivity index (χ4v) is 7.62. The van der Waals surface area contributed by atoms with Gasteiger partial charge in [-0.25, -0.2) is 31.3 Å². The Labute approximate surface area is 273 Å². The second kappa shape index (κ2) is 13.6. The molecule has 1 aliphatic heterocycles. The fraction of sp³-hybridized carbons (Fsp3) is 0.156. The number of nitrogens with zero attached hydrogens (tertiary/aromatic N) is 1. The Kier molecular flexibility index (Phi) is 9.70. The SMILES string of the molecule is O=C(O)C(F)(F)F.O=C1C[C@H](c2ccc(C[C@H](NS(=O)(=O)c3ccc(-c4ccccc4)cc3)c3nc4ccccc4[nH]3)cc2)S(=O)(=O)N1. The third-order valence-electron chi connectivity index (χ3n) is 7.34. The van der Waals surface area contributed by atoms with Crippen LogP contribution in [0, 0.1) is 0 Å². The minimum atomic E-state index is -5.08. The summed E-state index contributed by atoms with van der Waals surface area (Å²) in [6.45, 7) is 0. The summed E-state index contributed by atoms with van der Waals surface area (Å²) in [5.41, 5.74) is 4.62. The maximum absolute atomic E-state index is 13.5. The number of carboxylic acids is 1. The predicted molar refractivity (Wildman–Crippen MR) is 169 cm³/mol. The molecule has 2 heterocycles. The van der Waals surface area contributed by atoms with Crippen molar-refractivity contribution in [1.29, 1.82) is 0 Å². The Morgan fingerprint density at radius 3 is 2.06 bits per heavy atom. The zero-order valence-corrected chi connectivity index (χ0v) is 26.3. The topological polar surface area (TPSA) is 175 Å². The van der Waals surface area contributed by atoms with Gasteiger partial charge in [0.05, 0.1) is 28.4 Å². The molecule has 1 saturated heterocycles. The van der Waals surface area contributed by atoms with Gasteiger partial charge in [-0.05, 0) is 52.9 Å². The Hall–Kier alpha value is -5.06. The Morgan fingerprint density at radius 2 is 1.50 bits per heavy atom. The average Bonchev–Trinajstić information content (AvgIpc) is 3.60. The molecular weight excluding hydrogens is 674 g/mol. The molecule has 0 spiro atoms. The van der Waals surface area contributed by atoms with Crippen LogP contribution < -0.4 is 9.44 Å². The van der Waals surface area contributed by atoms with Gasteiger partial charge in [0.25, 0.3) is 0 Å². The van der Waals surface area contributed by atoms with Crippen molar-refractivity contribution in [1.82, 2.24) is 19.4 Å². The number of carbonyl (C=O) groups is 2. The molecule has 0 unspecified atom stereocenters. The lowest BCUT2D eigenvalue weighted by atomic mass is 10.0. The van der Waals surface area contributed by atoms with E-state index in [1.165, 1.54) is 0 Å². The van der Waals surface area contributed by atoms with E-state index in [1.807, 2.05) is 59.3 Å². The zero-order chi connectivity index (χ0) is 34.7. The highest BCUT2D eigenvalue weighted by Gasteiger charge is 2.39. The van der Waals surface area contributed by atoms with Crippen LogP contribution in [0.25, 0.3) is 22.2 Å². The number of halogens is 3. The monoisotopic (exact) mass is 700 g/mol. The van der Waals surface area contributed by atoms with Gasteiger partial charge in [0.15, 0.2) is 0 Å². The van der Waals surface area contributed by atoms with E-state index in [1.54, 1.807) is 48.5 Å². The van der Waals surface area contributed by atoms with Crippen molar-refractivity contribution in [2.75, 3.05) is 0 Å². The number of hydrogen-bond donors (Lipinski definition) is 4. The first kappa shape index (κ1) is 34.3. The highest BCUT2D eigenvalue weighted by molar-refractivity contribution is 7.90. The summed E-state index contributed by atoms with van der Waals surface area (Å²) in [4.78, 5) is 28.5. The van der Waals surface area contributed by atoms with Crippen molar-refractivity contribution >= 4 is 43.0 Å². The molecule has 48 heavy (non-hydrogen) atoms. The van der Waals surface area contributed by atoms with Crippen LogP contribution in [0.5, 0.6) is 0 Å². The van der Waals surface area contributed by atoms with E-state index in [2.05, 4.69) is 14.7 Å². The summed E-state index contributed by atoms with van der Waals surface area (Å²) in [5, 5.41) is 6.17. The largest absolute Gasteiger partial charge is 0.490 e. The number of aromatic amines is 1.